The summed E-state index contributed by atoms with van der Waals surface area (Å²) in [5, 5.41) is 18.8. The van der Waals surface area contributed by atoms with Crippen molar-refractivity contribution in [2.45, 2.75) is 25.9 Å². The van der Waals surface area contributed by atoms with Crippen LogP contribution in [0.1, 0.15) is 18.9 Å². The fourth-order valence-electron chi connectivity index (χ4n) is 2.83. The SMILES string of the molecule is CC1CN(C)CCCN1Cc1ccc(F)cc1B(O)O. The molecule has 2 rings (SSSR count). The first kappa shape index (κ1) is 15.4. The molecule has 0 bridgehead atoms. The lowest BCUT2D eigenvalue weighted by atomic mass is 9.76. The Hall–Kier alpha value is -0.945. The van der Waals surface area contributed by atoms with Gasteiger partial charge in [-0.25, -0.2) is 4.39 Å². The topological polar surface area (TPSA) is 46.9 Å². The molecule has 0 amide bonds. The number of benzene rings is 1. The van der Waals surface area contributed by atoms with Crippen LogP contribution in [0.15, 0.2) is 18.2 Å². The van der Waals surface area contributed by atoms with Gasteiger partial charge in [0.15, 0.2) is 0 Å². The first-order valence-corrected chi connectivity index (χ1v) is 7.04. The highest BCUT2D eigenvalue weighted by molar-refractivity contribution is 6.59. The average Bonchev–Trinajstić information content (AvgIpc) is 2.53. The molecule has 1 aliphatic rings. The van der Waals surface area contributed by atoms with Gasteiger partial charge in [0.2, 0.25) is 0 Å². The van der Waals surface area contributed by atoms with Crippen LogP contribution in [0.4, 0.5) is 4.39 Å². The quantitative estimate of drug-likeness (QED) is 0.767. The molecule has 2 N–H and O–H groups in total. The molecule has 1 unspecified atom stereocenters. The predicted molar refractivity (Wildman–Crippen MR) is 78.2 cm³/mol. The van der Waals surface area contributed by atoms with E-state index in [1.807, 2.05) is 0 Å². The maximum absolute atomic E-state index is 13.2. The molecule has 1 aliphatic heterocycles. The third kappa shape index (κ3) is 3.79. The minimum Gasteiger partial charge on any atom is -0.423 e. The largest absolute Gasteiger partial charge is 0.488 e. The van der Waals surface area contributed by atoms with E-state index in [-0.39, 0.29) is 5.46 Å². The van der Waals surface area contributed by atoms with Crippen molar-refractivity contribution in [3.8, 4) is 0 Å². The molecule has 1 aromatic carbocycles. The zero-order valence-corrected chi connectivity index (χ0v) is 12.1. The van der Waals surface area contributed by atoms with E-state index in [0.29, 0.717) is 12.6 Å². The van der Waals surface area contributed by atoms with Crippen LogP contribution in [0, 0.1) is 5.82 Å². The van der Waals surface area contributed by atoms with Crippen molar-refractivity contribution in [2.24, 2.45) is 0 Å². The van der Waals surface area contributed by atoms with Gasteiger partial charge >= 0.3 is 7.12 Å². The van der Waals surface area contributed by atoms with Gasteiger partial charge in [-0.1, -0.05) is 6.07 Å². The number of hydrogen-bond donors (Lipinski definition) is 2. The van der Waals surface area contributed by atoms with E-state index in [1.54, 1.807) is 6.07 Å². The Balaban J connectivity index is 2.16. The molecule has 4 nitrogen and oxygen atoms in total. The van der Waals surface area contributed by atoms with Gasteiger partial charge in [0, 0.05) is 25.7 Å². The summed E-state index contributed by atoms with van der Waals surface area (Å²) in [4.78, 5) is 4.61. The van der Waals surface area contributed by atoms with Crippen molar-refractivity contribution in [1.82, 2.24) is 9.80 Å². The second-order valence-electron chi connectivity index (χ2n) is 5.65. The Bertz CT molecular complexity index is 459. The summed E-state index contributed by atoms with van der Waals surface area (Å²) in [5.41, 5.74) is 1.03. The predicted octanol–water partition coefficient (Wildman–Crippen LogP) is 0.0315. The van der Waals surface area contributed by atoms with E-state index in [0.717, 1.165) is 31.6 Å². The van der Waals surface area contributed by atoms with Crippen molar-refractivity contribution >= 4 is 12.6 Å². The highest BCUT2D eigenvalue weighted by atomic mass is 19.1. The normalized spacial score (nSPS) is 21.8. The molecule has 1 heterocycles. The van der Waals surface area contributed by atoms with E-state index in [1.165, 1.54) is 12.1 Å². The van der Waals surface area contributed by atoms with Gasteiger partial charge in [0.25, 0.3) is 0 Å². The molecule has 1 saturated heterocycles. The molecule has 0 aliphatic carbocycles. The number of hydrogen-bond acceptors (Lipinski definition) is 4. The molecule has 0 aromatic heterocycles. The van der Waals surface area contributed by atoms with Gasteiger partial charge < -0.3 is 14.9 Å². The average molecular weight is 280 g/mol. The van der Waals surface area contributed by atoms with Crippen LogP contribution in [-0.2, 0) is 6.54 Å². The minimum absolute atomic E-state index is 0.259. The molecule has 0 radical (unpaired) electrons. The van der Waals surface area contributed by atoms with Crippen LogP contribution in [0.5, 0.6) is 0 Å². The maximum Gasteiger partial charge on any atom is 0.488 e. The number of halogens is 1. The van der Waals surface area contributed by atoms with Gasteiger partial charge in [-0.2, -0.15) is 0 Å². The van der Waals surface area contributed by atoms with Crippen LogP contribution in [0.25, 0.3) is 0 Å². The fraction of sp³-hybridized carbons (Fsp3) is 0.571. The monoisotopic (exact) mass is 280 g/mol. The molecule has 20 heavy (non-hydrogen) atoms. The standard InChI is InChI=1S/C14H22BFN2O2/c1-11-9-17(2)6-3-7-18(11)10-12-4-5-13(16)8-14(12)15(19)20/h4-5,8,11,19-20H,3,6-7,9-10H2,1-2H3. The van der Waals surface area contributed by atoms with Gasteiger partial charge in [-0.05, 0) is 50.1 Å². The molecule has 1 fully saturated rings. The Labute approximate surface area is 120 Å². The van der Waals surface area contributed by atoms with E-state index < -0.39 is 12.9 Å². The Morgan fingerprint density at radius 2 is 2.10 bits per heavy atom. The molecular formula is C14H22BFN2O2. The second-order valence-corrected chi connectivity index (χ2v) is 5.65. The zero-order valence-electron chi connectivity index (χ0n) is 12.1. The molecule has 110 valence electrons. The van der Waals surface area contributed by atoms with Gasteiger partial charge in [-0.15, -0.1) is 0 Å². The fourth-order valence-corrected chi connectivity index (χ4v) is 2.83. The molecule has 0 saturated carbocycles. The summed E-state index contributed by atoms with van der Waals surface area (Å²) < 4.78 is 13.2. The van der Waals surface area contributed by atoms with Crippen molar-refractivity contribution in [3.05, 3.63) is 29.6 Å². The summed E-state index contributed by atoms with van der Waals surface area (Å²) in [5.74, 6) is -0.444. The third-order valence-electron chi connectivity index (χ3n) is 3.94. The number of nitrogens with zero attached hydrogens (tertiary/aromatic N) is 2. The second kappa shape index (κ2) is 6.67. The van der Waals surface area contributed by atoms with Crippen LogP contribution in [-0.4, -0.2) is 59.7 Å². The molecule has 0 spiro atoms. The van der Waals surface area contributed by atoms with Crippen LogP contribution < -0.4 is 5.46 Å². The van der Waals surface area contributed by atoms with Crippen molar-refractivity contribution < 1.29 is 14.4 Å². The van der Waals surface area contributed by atoms with Crippen LogP contribution in [0.3, 0.4) is 0 Å². The number of likely N-dealkylation sites (N-methyl/N-ethyl adjacent to an activating group) is 1. The Morgan fingerprint density at radius 3 is 2.80 bits per heavy atom. The summed E-state index contributed by atoms with van der Waals surface area (Å²) in [6, 6.07) is 4.60. The smallest absolute Gasteiger partial charge is 0.423 e. The molecule has 6 heteroatoms. The minimum atomic E-state index is -1.63. The zero-order chi connectivity index (χ0) is 14.7. The summed E-state index contributed by atoms with van der Waals surface area (Å²) in [6.45, 7) is 5.80. The summed E-state index contributed by atoms with van der Waals surface area (Å²) in [6.07, 6.45) is 1.08. The summed E-state index contributed by atoms with van der Waals surface area (Å²) >= 11 is 0. The van der Waals surface area contributed by atoms with Crippen LogP contribution in [0.2, 0.25) is 0 Å². The van der Waals surface area contributed by atoms with Crippen molar-refractivity contribution in [1.29, 1.82) is 0 Å². The van der Waals surface area contributed by atoms with Gasteiger partial charge in [0.05, 0.1) is 0 Å². The first-order chi connectivity index (χ1) is 9.47. The van der Waals surface area contributed by atoms with E-state index in [2.05, 4.69) is 23.8 Å². The van der Waals surface area contributed by atoms with E-state index in [4.69, 9.17) is 0 Å². The summed E-state index contributed by atoms with van der Waals surface area (Å²) in [7, 11) is 0.478. The number of rotatable bonds is 3. The Kier molecular flexibility index (Phi) is 5.15. The highest BCUT2D eigenvalue weighted by Gasteiger charge is 2.23. The van der Waals surface area contributed by atoms with Crippen molar-refractivity contribution in [3.63, 3.8) is 0 Å². The van der Waals surface area contributed by atoms with Crippen molar-refractivity contribution in [2.75, 3.05) is 26.7 Å². The molecular weight excluding hydrogens is 258 g/mol. The van der Waals surface area contributed by atoms with E-state index >= 15 is 0 Å². The first-order valence-electron chi connectivity index (χ1n) is 7.04. The maximum atomic E-state index is 13.2. The van der Waals surface area contributed by atoms with Gasteiger partial charge in [-0.3, -0.25) is 4.90 Å². The van der Waals surface area contributed by atoms with E-state index in [9.17, 15) is 14.4 Å². The Morgan fingerprint density at radius 1 is 1.35 bits per heavy atom. The highest BCUT2D eigenvalue weighted by Crippen LogP contribution is 2.13. The molecule has 1 atom stereocenters. The van der Waals surface area contributed by atoms with Gasteiger partial charge in [0.1, 0.15) is 5.82 Å². The lowest BCUT2D eigenvalue weighted by Crippen LogP contribution is -2.41. The molecule has 1 aromatic rings. The van der Waals surface area contributed by atoms with Crippen LogP contribution >= 0.6 is 0 Å². The lowest BCUT2D eigenvalue weighted by molar-refractivity contribution is 0.195. The lowest BCUT2D eigenvalue weighted by Gasteiger charge is -2.28. The third-order valence-corrected chi connectivity index (χ3v) is 3.94.